The number of hydrogen-bond donors (Lipinski definition) is 2. The van der Waals surface area contributed by atoms with Crippen LogP contribution in [0.4, 0.5) is 5.82 Å². The lowest BCUT2D eigenvalue weighted by Crippen LogP contribution is -2.30. The van der Waals surface area contributed by atoms with Gasteiger partial charge in [0.1, 0.15) is 5.82 Å². The van der Waals surface area contributed by atoms with Gasteiger partial charge in [-0.3, -0.25) is 9.59 Å². The number of benzene rings is 1. The van der Waals surface area contributed by atoms with Crippen LogP contribution in [-0.4, -0.2) is 27.6 Å². The van der Waals surface area contributed by atoms with Crippen molar-refractivity contribution in [2.45, 2.75) is 45.7 Å². The summed E-state index contributed by atoms with van der Waals surface area (Å²) in [6.07, 6.45) is 3.26. The van der Waals surface area contributed by atoms with E-state index in [1.54, 1.807) is 10.9 Å². The number of hydrogen-bond acceptors (Lipinski definition) is 3. The summed E-state index contributed by atoms with van der Waals surface area (Å²) < 4.78 is 1.80. The molecule has 2 N–H and O–H groups in total. The first-order valence-electron chi connectivity index (χ1n) is 8.18. The molecule has 2 amide bonds. The van der Waals surface area contributed by atoms with Crippen LogP contribution in [0.15, 0.2) is 30.5 Å². The topological polar surface area (TPSA) is 76.0 Å². The molecule has 2 heterocycles. The quantitative estimate of drug-likeness (QED) is 0.884. The Morgan fingerprint density at radius 1 is 1.42 bits per heavy atom. The molecular weight excluding hydrogens is 304 g/mol. The molecule has 6 heteroatoms. The van der Waals surface area contributed by atoms with Crippen molar-refractivity contribution < 1.29 is 9.59 Å². The molecule has 0 radical (unpaired) electrons. The zero-order chi connectivity index (χ0) is 17.1. The van der Waals surface area contributed by atoms with Crippen LogP contribution < -0.4 is 10.6 Å². The zero-order valence-electron chi connectivity index (χ0n) is 14.0. The summed E-state index contributed by atoms with van der Waals surface area (Å²) in [7, 11) is 0. The van der Waals surface area contributed by atoms with Gasteiger partial charge in [0.05, 0.1) is 12.7 Å². The van der Waals surface area contributed by atoms with E-state index in [1.165, 1.54) is 5.56 Å². The van der Waals surface area contributed by atoms with E-state index in [-0.39, 0.29) is 17.9 Å². The van der Waals surface area contributed by atoms with E-state index >= 15 is 0 Å². The van der Waals surface area contributed by atoms with E-state index in [1.807, 2.05) is 19.1 Å². The minimum atomic E-state index is -0.101. The molecule has 1 fully saturated rings. The fraction of sp³-hybridized carbons (Fsp3) is 0.389. The van der Waals surface area contributed by atoms with E-state index in [0.717, 1.165) is 11.1 Å². The lowest BCUT2D eigenvalue weighted by atomic mass is 10.1. The summed E-state index contributed by atoms with van der Waals surface area (Å²) in [4.78, 5) is 23.5. The Kier molecular flexibility index (Phi) is 4.64. The Morgan fingerprint density at radius 2 is 2.25 bits per heavy atom. The smallest absolute Gasteiger partial charge is 0.227 e. The number of anilines is 1. The number of aryl methyl sites for hydroxylation is 2. The van der Waals surface area contributed by atoms with Gasteiger partial charge in [0.2, 0.25) is 11.8 Å². The average Bonchev–Trinajstić information content (AvgIpc) is 3.07. The minimum absolute atomic E-state index is 0.0217. The molecule has 0 spiro atoms. The normalized spacial score (nSPS) is 16.9. The third-order valence-electron chi connectivity index (χ3n) is 4.21. The molecular formula is C18H22N4O2. The molecule has 1 aromatic carbocycles. The Bertz CT molecular complexity index is 766. The van der Waals surface area contributed by atoms with E-state index in [2.05, 4.69) is 34.8 Å². The second kappa shape index (κ2) is 6.86. The van der Waals surface area contributed by atoms with Gasteiger partial charge in [-0.05, 0) is 25.8 Å². The first-order chi connectivity index (χ1) is 11.5. The Balaban J connectivity index is 1.68. The minimum Gasteiger partial charge on any atom is -0.353 e. The summed E-state index contributed by atoms with van der Waals surface area (Å²) in [5.41, 5.74) is 3.25. The van der Waals surface area contributed by atoms with Crippen molar-refractivity contribution in [2.75, 3.05) is 5.32 Å². The fourth-order valence-corrected chi connectivity index (χ4v) is 2.98. The molecule has 0 saturated carbocycles. The predicted octanol–water partition coefficient (Wildman–Crippen LogP) is 2.16. The molecule has 1 aromatic heterocycles. The number of nitrogens with zero attached hydrogens (tertiary/aromatic N) is 2. The maximum absolute atomic E-state index is 12.3. The highest BCUT2D eigenvalue weighted by Gasteiger charge is 2.23. The Hall–Kier alpha value is -2.63. The first-order valence-corrected chi connectivity index (χ1v) is 8.18. The highest BCUT2D eigenvalue weighted by Crippen LogP contribution is 2.18. The standard InChI is InChI=1S/C18H22N4O2/c1-12-4-3-5-14(8-12)11-22-18(13(2)10-19-22)21-17(24)9-15-6-7-16(23)20-15/h3-5,8,10,15H,6-7,9,11H2,1-2H3,(H,20,23)(H,21,24). The maximum atomic E-state index is 12.3. The second-order valence-corrected chi connectivity index (χ2v) is 6.38. The van der Waals surface area contributed by atoms with Crippen LogP contribution in [0.3, 0.4) is 0 Å². The molecule has 1 unspecified atom stereocenters. The molecule has 3 rings (SSSR count). The molecule has 1 aliphatic rings. The van der Waals surface area contributed by atoms with Gasteiger partial charge in [0.25, 0.3) is 0 Å². The summed E-state index contributed by atoms with van der Waals surface area (Å²) in [5.74, 6) is 0.635. The number of aromatic nitrogens is 2. The molecule has 1 atom stereocenters. The van der Waals surface area contributed by atoms with Gasteiger partial charge in [-0.15, -0.1) is 0 Å². The number of rotatable bonds is 5. The van der Waals surface area contributed by atoms with Crippen molar-refractivity contribution in [3.05, 3.63) is 47.2 Å². The van der Waals surface area contributed by atoms with Crippen LogP contribution >= 0.6 is 0 Å². The number of carbonyl (C=O) groups is 2. The third kappa shape index (κ3) is 3.82. The van der Waals surface area contributed by atoms with Crippen LogP contribution in [0.2, 0.25) is 0 Å². The lowest BCUT2D eigenvalue weighted by Gasteiger charge is -2.13. The lowest BCUT2D eigenvalue weighted by molar-refractivity contribution is -0.119. The highest BCUT2D eigenvalue weighted by atomic mass is 16.2. The van der Waals surface area contributed by atoms with Gasteiger partial charge in [-0.1, -0.05) is 29.8 Å². The molecule has 24 heavy (non-hydrogen) atoms. The van der Waals surface area contributed by atoms with E-state index in [9.17, 15) is 9.59 Å². The van der Waals surface area contributed by atoms with Crippen molar-refractivity contribution >= 4 is 17.6 Å². The summed E-state index contributed by atoms with van der Waals surface area (Å²) in [6, 6.07) is 8.16. The maximum Gasteiger partial charge on any atom is 0.227 e. The number of carbonyl (C=O) groups excluding carboxylic acids is 2. The Labute approximate surface area is 141 Å². The van der Waals surface area contributed by atoms with Gasteiger partial charge in [0.15, 0.2) is 0 Å². The number of amides is 2. The van der Waals surface area contributed by atoms with Crippen LogP contribution in [0.25, 0.3) is 0 Å². The zero-order valence-corrected chi connectivity index (χ0v) is 14.0. The van der Waals surface area contributed by atoms with Gasteiger partial charge in [-0.2, -0.15) is 5.10 Å². The van der Waals surface area contributed by atoms with Crippen LogP contribution in [0.5, 0.6) is 0 Å². The van der Waals surface area contributed by atoms with Crippen LogP contribution in [-0.2, 0) is 16.1 Å². The molecule has 0 bridgehead atoms. The van der Waals surface area contributed by atoms with E-state index in [0.29, 0.717) is 31.6 Å². The second-order valence-electron chi connectivity index (χ2n) is 6.38. The third-order valence-corrected chi connectivity index (χ3v) is 4.21. The monoisotopic (exact) mass is 326 g/mol. The number of nitrogens with one attached hydrogen (secondary N) is 2. The molecule has 6 nitrogen and oxygen atoms in total. The first kappa shape index (κ1) is 16.2. The van der Waals surface area contributed by atoms with Crippen molar-refractivity contribution in [3.8, 4) is 0 Å². The molecule has 1 aliphatic heterocycles. The van der Waals surface area contributed by atoms with Gasteiger partial charge < -0.3 is 10.6 Å². The summed E-state index contributed by atoms with van der Waals surface area (Å²) in [5, 5.41) is 10.1. The SMILES string of the molecule is Cc1cccc(Cn2ncc(C)c2NC(=O)CC2CCC(=O)N2)c1. The molecule has 1 saturated heterocycles. The molecule has 126 valence electrons. The van der Waals surface area contributed by atoms with Crippen LogP contribution in [0.1, 0.15) is 36.0 Å². The molecule has 0 aliphatic carbocycles. The Morgan fingerprint density at radius 3 is 2.96 bits per heavy atom. The fourth-order valence-electron chi connectivity index (χ4n) is 2.98. The van der Waals surface area contributed by atoms with Gasteiger partial charge in [0, 0.05) is 24.4 Å². The van der Waals surface area contributed by atoms with Gasteiger partial charge in [-0.25, -0.2) is 4.68 Å². The predicted molar refractivity (Wildman–Crippen MR) is 91.7 cm³/mol. The van der Waals surface area contributed by atoms with E-state index < -0.39 is 0 Å². The average molecular weight is 326 g/mol. The molecule has 2 aromatic rings. The summed E-state index contributed by atoms with van der Waals surface area (Å²) >= 11 is 0. The summed E-state index contributed by atoms with van der Waals surface area (Å²) in [6.45, 7) is 4.58. The largest absolute Gasteiger partial charge is 0.353 e. The van der Waals surface area contributed by atoms with E-state index in [4.69, 9.17) is 0 Å². The van der Waals surface area contributed by atoms with Crippen molar-refractivity contribution in [1.29, 1.82) is 0 Å². The van der Waals surface area contributed by atoms with Crippen molar-refractivity contribution in [2.24, 2.45) is 0 Å². The van der Waals surface area contributed by atoms with Crippen molar-refractivity contribution in [3.63, 3.8) is 0 Å². The van der Waals surface area contributed by atoms with Crippen LogP contribution in [0, 0.1) is 13.8 Å². The van der Waals surface area contributed by atoms with Gasteiger partial charge >= 0.3 is 0 Å². The highest BCUT2D eigenvalue weighted by molar-refractivity contribution is 5.91. The van der Waals surface area contributed by atoms with Crippen molar-refractivity contribution in [1.82, 2.24) is 15.1 Å².